The highest BCUT2D eigenvalue weighted by Gasteiger charge is 2.33. The summed E-state index contributed by atoms with van der Waals surface area (Å²) in [6, 6.07) is 0. The summed E-state index contributed by atoms with van der Waals surface area (Å²) >= 11 is 0. The van der Waals surface area contributed by atoms with E-state index < -0.39 is 10.0 Å². The van der Waals surface area contributed by atoms with Gasteiger partial charge in [-0.05, 0) is 61.6 Å². The molecule has 0 unspecified atom stereocenters. The average Bonchev–Trinajstić information content (AvgIpc) is 3.41. The maximum absolute atomic E-state index is 12.3. The number of rotatable bonds is 5. The number of sulfonamides is 1. The molecule has 0 bridgehead atoms. The molecule has 1 heterocycles. The summed E-state index contributed by atoms with van der Waals surface area (Å²) < 4.78 is 27.4. The van der Waals surface area contributed by atoms with Gasteiger partial charge in [-0.1, -0.05) is 18.2 Å². The third-order valence-electron chi connectivity index (χ3n) is 5.53. The van der Waals surface area contributed by atoms with E-state index in [1.165, 1.54) is 0 Å². The van der Waals surface area contributed by atoms with Crippen LogP contribution < -0.4 is 0 Å². The largest absolute Gasteiger partial charge is 0.299 e. The summed E-state index contributed by atoms with van der Waals surface area (Å²) in [6.07, 6.45) is 13.8. The van der Waals surface area contributed by atoms with Crippen LogP contribution in [0.3, 0.4) is 0 Å². The normalized spacial score (nSPS) is 25.5. The molecule has 29 heavy (non-hydrogen) atoms. The van der Waals surface area contributed by atoms with Gasteiger partial charge in [-0.3, -0.25) is 10.0 Å². The van der Waals surface area contributed by atoms with Crippen LogP contribution in [0.5, 0.6) is 0 Å². The van der Waals surface area contributed by atoms with Crippen molar-refractivity contribution in [2.75, 3.05) is 5.75 Å². The smallest absolute Gasteiger partial charge is 0.253 e. The van der Waals surface area contributed by atoms with Crippen LogP contribution in [0.15, 0.2) is 74.5 Å². The molecule has 0 spiro atoms. The summed E-state index contributed by atoms with van der Waals surface area (Å²) in [5.74, 6) is 0.257. The Morgan fingerprint density at radius 1 is 1.17 bits per heavy atom. The van der Waals surface area contributed by atoms with Crippen LogP contribution >= 0.6 is 0 Å². The van der Waals surface area contributed by atoms with E-state index in [-0.39, 0.29) is 23.9 Å². The monoisotopic (exact) mass is 412 g/mol. The number of carbonyl (C=O) groups is 1. The van der Waals surface area contributed by atoms with E-state index in [2.05, 4.69) is 4.40 Å². The summed E-state index contributed by atoms with van der Waals surface area (Å²) in [5, 5.41) is 11.8. The third kappa shape index (κ3) is 3.97. The first kappa shape index (κ1) is 19.8. The summed E-state index contributed by atoms with van der Waals surface area (Å²) in [4.78, 5) is 12.3. The molecule has 0 amide bonds. The molecule has 6 nitrogen and oxygen atoms in total. The van der Waals surface area contributed by atoms with E-state index in [9.17, 15) is 18.4 Å². The Morgan fingerprint density at radius 2 is 1.93 bits per heavy atom. The minimum Gasteiger partial charge on any atom is -0.299 e. The number of ketones is 1. The predicted octanol–water partition coefficient (Wildman–Crippen LogP) is 3.76. The van der Waals surface area contributed by atoms with E-state index in [1.54, 1.807) is 19.1 Å². The zero-order valence-corrected chi connectivity index (χ0v) is 17.4. The lowest BCUT2D eigenvalue weighted by Gasteiger charge is -2.29. The van der Waals surface area contributed by atoms with Gasteiger partial charge in [-0.15, -0.1) is 0 Å². The minimum absolute atomic E-state index is 0.0420. The number of allylic oxidation sites excluding steroid dienone is 11. The number of hydrogen-bond acceptors (Lipinski definition) is 5. The quantitative estimate of drug-likeness (QED) is 0.743. The van der Waals surface area contributed by atoms with Crippen molar-refractivity contribution in [2.45, 2.75) is 39.5 Å². The van der Waals surface area contributed by atoms with Crippen LogP contribution in [0.25, 0.3) is 0 Å². The molecule has 0 atom stereocenters. The van der Waals surface area contributed by atoms with Gasteiger partial charge in [-0.25, -0.2) is 13.5 Å². The highest BCUT2D eigenvalue weighted by Crippen LogP contribution is 2.40. The Bertz CT molecular complexity index is 1090. The van der Waals surface area contributed by atoms with E-state index >= 15 is 0 Å². The van der Waals surface area contributed by atoms with Gasteiger partial charge in [0.15, 0.2) is 0 Å². The van der Waals surface area contributed by atoms with Gasteiger partial charge in [0, 0.05) is 24.3 Å². The van der Waals surface area contributed by atoms with E-state index in [1.807, 2.05) is 31.2 Å². The first-order valence-electron chi connectivity index (χ1n) is 9.85. The maximum atomic E-state index is 12.3. The van der Waals surface area contributed by atoms with E-state index in [0.29, 0.717) is 17.8 Å². The van der Waals surface area contributed by atoms with Crippen LogP contribution in [0.2, 0.25) is 0 Å². The Labute approximate surface area is 171 Å². The van der Waals surface area contributed by atoms with Crippen LogP contribution in [0.1, 0.15) is 39.5 Å². The molecule has 1 saturated carbocycles. The molecule has 4 rings (SSSR count). The molecule has 0 aromatic rings. The molecular weight excluding hydrogens is 388 g/mol. The highest BCUT2D eigenvalue weighted by atomic mass is 32.2. The molecule has 0 aromatic heterocycles. The van der Waals surface area contributed by atoms with Crippen molar-refractivity contribution < 1.29 is 18.4 Å². The zero-order chi connectivity index (χ0) is 20.8. The Kier molecular flexibility index (Phi) is 5.04. The predicted molar refractivity (Wildman–Crippen MR) is 112 cm³/mol. The molecule has 1 aliphatic heterocycles. The Hall–Kier alpha value is -2.51. The van der Waals surface area contributed by atoms with Crippen molar-refractivity contribution >= 4 is 21.5 Å². The van der Waals surface area contributed by atoms with E-state index in [4.69, 9.17) is 0 Å². The maximum Gasteiger partial charge on any atom is 0.253 e. The fourth-order valence-electron chi connectivity index (χ4n) is 3.73. The molecule has 7 heteroatoms. The molecule has 152 valence electrons. The van der Waals surface area contributed by atoms with Crippen molar-refractivity contribution in [1.29, 1.82) is 0 Å². The topological polar surface area (TPSA) is 87.0 Å². The number of hydrogen-bond donors (Lipinski definition) is 1. The van der Waals surface area contributed by atoms with Crippen LogP contribution in [-0.4, -0.2) is 35.9 Å². The Morgan fingerprint density at radius 3 is 2.59 bits per heavy atom. The molecular formula is C22H24N2O4S. The lowest BCUT2D eigenvalue weighted by molar-refractivity contribution is -0.121. The lowest BCUT2D eigenvalue weighted by Crippen LogP contribution is -2.24. The number of hydroxylamine groups is 2. The number of nitrogens with zero attached hydrogens (tertiary/aromatic N) is 2. The van der Waals surface area contributed by atoms with Crippen molar-refractivity contribution in [3.05, 3.63) is 70.1 Å². The van der Waals surface area contributed by atoms with Gasteiger partial charge in [0.25, 0.3) is 10.0 Å². The molecule has 0 saturated heterocycles. The Balaban J connectivity index is 1.74. The second-order valence-electron chi connectivity index (χ2n) is 7.71. The highest BCUT2D eigenvalue weighted by molar-refractivity contribution is 7.90. The van der Waals surface area contributed by atoms with Gasteiger partial charge in [0.2, 0.25) is 0 Å². The summed E-state index contributed by atoms with van der Waals surface area (Å²) in [6.45, 7) is 3.47. The second-order valence-corrected chi connectivity index (χ2v) is 9.63. The molecule has 1 N–H and O–H groups in total. The molecule has 0 radical (unpaired) electrons. The molecule has 0 aromatic carbocycles. The van der Waals surface area contributed by atoms with Crippen LogP contribution in [-0.2, 0) is 14.8 Å². The standard InChI is InChI=1S/C22H24N2O4S/c1-3-29(27,28)23-16-9-10-18(14(2)11-16)20-12-17(13-22(25)15-7-8-15)24(26)21-6-4-5-19(20)21/h4-5,9-12,15,26H,3,6-8,13H2,1-2H3. The van der Waals surface area contributed by atoms with Gasteiger partial charge >= 0.3 is 0 Å². The number of Topliss-reactive ketones (excluding diaryl/α,β-unsaturated/α-hetero) is 1. The van der Waals surface area contributed by atoms with Gasteiger partial charge in [0.05, 0.1) is 22.9 Å². The van der Waals surface area contributed by atoms with Crippen molar-refractivity contribution in [2.24, 2.45) is 10.3 Å². The summed E-state index contributed by atoms with van der Waals surface area (Å²) in [7, 11) is -3.46. The average molecular weight is 413 g/mol. The summed E-state index contributed by atoms with van der Waals surface area (Å²) in [5.41, 5.74) is 5.42. The van der Waals surface area contributed by atoms with Crippen molar-refractivity contribution in [3.63, 3.8) is 0 Å². The SMILES string of the molecule is CCS(=O)(=O)N=C1C=CC(=C2C=C(CC(=O)C3CC3)N(O)C3=C2C=CC3)C(C)=C1. The second kappa shape index (κ2) is 7.39. The molecule has 4 aliphatic rings. The van der Waals surface area contributed by atoms with Gasteiger partial charge in [-0.2, -0.15) is 4.40 Å². The van der Waals surface area contributed by atoms with E-state index in [0.717, 1.165) is 45.9 Å². The molecule has 1 fully saturated rings. The van der Waals surface area contributed by atoms with Crippen molar-refractivity contribution in [1.82, 2.24) is 5.06 Å². The first-order valence-corrected chi connectivity index (χ1v) is 11.5. The van der Waals surface area contributed by atoms with Gasteiger partial charge < -0.3 is 0 Å². The third-order valence-corrected chi connectivity index (χ3v) is 6.75. The zero-order valence-electron chi connectivity index (χ0n) is 16.6. The van der Waals surface area contributed by atoms with Crippen LogP contribution in [0, 0.1) is 5.92 Å². The lowest BCUT2D eigenvalue weighted by atomic mass is 9.88. The van der Waals surface area contributed by atoms with Gasteiger partial charge in [0.1, 0.15) is 5.78 Å². The van der Waals surface area contributed by atoms with Crippen molar-refractivity contribution in [3.8, 4) is 0 Å². The minimum atomic E-state index is -3.46. The fourth-order valence-corrected chi connectivity index (χ4v) is 4.29. The number of carbonyl (C=O) groups excluding carboxylic acids is 1. The first-order chi connectivity index (χ1) is 13.8. The van der Waals surface area contributed by atoms with Crippen LogP contribution in [0.4, 0.5) is 0 Å². The molecule has 3 aliphatic carbocycles. The fraction of sp³-hybridized carbons (Fsp3) is 0.364.